The monoisotopic (exact) mass is 276 g/mol. The zero-order chi connectivity index (χ0) is 14.5. The van der Waals surface area contributed by atoms with E-state index in [9.17, 15) is 13.6 Å². The van der Waals surface area contributed by atoms with Gasteiger partial charge in [0.1, 0.15) is 11.6 Å². The Kier molecular flexibility index (Phi) is 4.42. The number of anilines is 1. The van der Waals surface area contributed by atoms with Crippen molar-refractivity contribution in [3.05, 3.63) is 65.2 Å². The van der Waals surface area contributed by atoms with Gasteiger partial charge in [-0.15, -0.1) is 0 Å². The molecule has 3 nitrogen and oxygen atoms in total. The predicted octanol–water partition coefficient (Wildman–Crippen LogP) is 2.60. The first-order valence-electron chi connectivity index (χ1n) is 6.10. The molecule has 2 rings (SSSR count). The van der Waals surface area contributed by atoms with E-state index in [1.165, 1.54) is 0 Å². The number of halogens is 2. The van der Waals surface area contributed by atoms with Crippen molar-refractivity contribution in [2.75, 3.05) is 5.32 Å². The molecule has 0 fully saturated rings. The summed E-state index contributed by atoms with van der Waals surface area (Å²) in [4.78, 5) is 11.8. The van der Waals surface area contributed by atoms with Crippen molar-refractivity contribution in [3.63, 3.8) is 0 Å². The van der Waals surface area contributed by atoms with Crippen LogP contribution in [0.2, 0.25) is 0 Å². The Balaban J connectivity index is 2.01. The summed E-state index contributed by atoms with van der Waals surface area (Å²) in [5.41, 5.74) is 7.36. The normalized spacial score (nSPS) is 10.3. The Bertz CT molecular complexity index is 592. The molecule has 0 unspecified atom stereocenters. The third-order valence-electron chi connectivity index (χ3n) is 2.77. The van der Waals surface area contributed by atoms with Crippen molar-refractivity contribution >= 4 is 11.6 Å². The molecule has 0 atom stereocenters. The van der Waals surface area contributed by atoms with E-state index in [2.05, 4.69) is 5.32 Å². The van der Waals surface area contributed by atoms with Gasteiger partial charge in [0.25, 0.3) is 0 Å². The number of nitrogens with two attached hydrogens (primary N) is 1. The van der Waals surface area contributed by atoms with Crippen molar-refractivity contribution in [2.24, 2.45) is 5.73 Å². The molecule has 0 radical (unpaired) electrons. The second-order valence-electron chi connectivity index (χ2n) is 4.40. The standard InChI is InChI=1S/C15H14F2N2O/c16-12-6-13(17)8-14(7-12)19-15(20)5-10-1-3-11(9-18)4-2-10/h1-4,6-8H,5,9,18H2,(H,19,20). The number of hydrogen-bond donors (Lipinski definition) is 2. The third-order valence-corrected chi connectivity index (χ3v) is 2.77. The maximum Gasteiger partial charge on any atom is 0.228 e. The third kappa shape index (κ3) is 3.86. The fraction of sp³-hybridized carbons (Fsp3) is 0.133. The Labute approximate surface area is 115 Å². The molecule has 20 heavy (non-hydrogen) atoms. The minimum absolute atomic E-state index is 0.103. The number of rotatable bonds is 4. The minimum atomic E-state index is -0.729. The number of amides is 1. The second-order valence-corrected chi connectivity index (χ2v) is 4.40. The summed E-state index contributed by atoms with van der Waals surface area (Å²) in [7, 11) is 0. The van der Waals surface area contributed by atoms with Gasteiger partial charge in [-0.05, 0) is 23.3 Å². The van der Waals surface area contributed by atoms with Crippen LogP contribution in [0.25, 0.3) is 0 Å². The van der Waals surface area contributed by atoms with E-state index < -0.39 is 11.6 Å². The Hall–Kier alpha value is -2.27. The highest BCUT2D eigenvalue weighted by Gasteiger charge is 2.06. The van der Waals surface area contributed by atoms with E-state index in [4.69, 9.17) is 5.73 Å². The fourth-order valence-corrected chi connectivity index (χ4v) is 1.81. The van der Waals surface area contributed by atoms with E-state index in [0.717, 1.165) is 29.3 Å². The minimum Gasteiger partial charge on any atom is -0.326 e. The van der Waals surface area contributed by atoms with E-state index >= 15 is 0 Å². The largest absolute Gasteiger partial charge is 0.326 e. The molecule has 0 aliphatic rings. The van der Waals surface area contributed by atoms with Crippen LogP contribution in [-0.4, -0.2) is 5.91 Å². The van der Waals surface area contributed by atoms with Gasteiger partial charge in [-0.1, -0.05) is 24.3 Å². The van der Waals surface area contributed by atoms with Crippen LogP contribution in [0, 0.1) is 11.6 Å². The summed E-state index contributed by atoms with van der Waals surface area (Å²) >= 11 is 0. The number of hydrogen-bond acceptors (Lipinski definition) is 2. The van der Waals surface area contributed by atoms with Crippen molar-refractivity contribution in [1.29, 1.82) is 0 Å². The number of benzene rings is 2. The Morgan fingerprint density at radius 3 is 2.10 bits per heavy atom. The molecule has 0 heterocycles. The zero-order valence-electron chi connectivity index (χ0n) is 10.7. The van der Waals surface area contributed by atoms with Crippen molar-refractivity contribution < 1.29 is 13.6 Å². The molecule has 0 saturated heterocycles. The van der Waals surface area contributed by atoms with Gasteiger partial charge in [0.15, 0.2) is 0 Å². The predicted molar refractivity (Wildman–Crippen MR) is 73.0 cm³/mol. The van der Waals surface area contributed by atoms with Gasteiger partial charge in [-0.3, -0.25) is 4.79 Å². The lowest BCUT2D eigenvalue weighted by molar-refractivity contribution is -0.115. The topological polar surface area (TPSA) is 55.1 Å². The van der Waals surface area contributed by atoms with Crippen molar-refractivity contribution in [3.8, 4) is 0 Å². The molecule has 1 amide bonds. The van der Waals surface area contributed by atoms with Crippen LogP contribution in [0.5, 0.6) is 0 Å². The Morgan fingerprint density at radius 1 is 1.00 bits per heavy atom. The molecular weight excluding hydrogens is 262 g/mol. The molecule has 0 aliphatic heterocycles. The smallest absolute Gasteiger partial charge is 0.228 e. The number of carbonyl (C=O) groups is 1. The van der Waals surface area contributed by atoms with Crippen LogP contribution in [0.15, 0.2) is 42.5 Å². The van der Waals surface area contributed by atoms with E-state index in [1.54, 1.807) is 12.1 Å². The molecule has 0 saturated carbocycles. The first kappa shape index (κ1) is 14.1. The van der Waals surface area contributed by atoms with Gasteiger partial charge in [-0.25, -0.2) is 8.78 Å². The Morgan fingerprint density at radius 2 is 1.55 bits per heavy atom. The average Bonchev–Trinajstić information content (AvgIpc) is 2.38. The highest BCUT2D eigenvalue weighted by Crippen LogP contribution is 2.13. The van der Waals surface area contributed by atoms with Gasteiger partial charge in [-0.2, -0.15) is 0 Å². The summed E-state index contributed by atoms with van der Waals surface area (Å²) in [6, 6.07) is 10.2. The van der Waals surface area contributed by atoms with Gasteiger partial charge in [0.05, 0.1) is 6.42 Å². The van der Waals surface area contributed by atoms with Gasteiger partial charge < -0.3 is 11.1 Å². The summed E-state index contributed by atoms with van der Waals surface area (Å²) < 4.78 is 26.0. The van der Waals surface area contributed by atoms with Gasteiger partial charge in [0, 0.05) is 18.3 Å². The van der Waals surface area contributed by atoms with E-state index in [0.29, 0.717) is 6.54 Å². The first-order chi connectivity index (χ1) is 9.56. The number of nitrogens with one attached hydrogen (secondary N) is 1. The van der Waals surface area contributed by atoms with Crippen molar-refractivity contribution in [1.82, 2.24) is 0 Å². The molecule has 2 aromatic carbocycles. The van der Waals surface area contributed by atoms with Crippen LogP contribution in [0.1, 0.15) is 11.1 Å². The van der Waals surface area contributed by atoms with Crippen LogP contribution in [0.4, 0.5) is 14.5 Å². The molecule has 3 N–H and O–H groups in total. The molecule has 0 bridgehead atoms. The van der Waals surface area contributed by atoms with Crippen LogP contribution in [0.3, 0.4) is 0 Å². The maximum absolute atomic E-state index is 13.0. The molecule has 5 heteroatoms. The second kappa shape index (κ2) is 6.25. The highest BCUT2D eigenvalue weighted by molar-refractivity contribution is 5.92. The molecule has 0 aromatic heterocycles. The lowest BCUT2D eigenvalue weighted by Gasteiger charge is -2.06. The average molecular weight is 276 g/mol. The molecular formula is C15H14F2N2O. The first-order valence-corrected chi connectivity index (χ1v) is 6.10. The molecule has 2 aromatic rings. The lowest BCUT2D eigenvalue weighted by Crippen LogP contribution is -2.14. The maximum atomic E-state index is 13.0. The summed E-state index contributed by atoms with van der Waals surface area (Å²) in [5, 5.41) is 2.46. The van der Waals surface area contributed by atoms with E-state index in [1.807, 2.05) is 12.1 Å². The summed E-state index contributed by atoms with van der Waals surface area (Å²) in [6.45, 7) is 0.440. The highest BCUT2D eigenvalue weighted by atomic mass is 19.1. The summed E-state index contributed by atoms with van der Waals surface area (Å²) in [6.07, 6.45) is 0.128. The summed E-state index contributed by atoms with van der Waals surface area (Å²) in [5.74, 6) is -1.80. The molecule has 0 aliphatic carbocycles. The van der Waals surface area contributed by atoms with Gasteiger partial charge >= 0.3 is 0 Å². The molecule has 104 valence electrons. The van der Waals surface area contributed by atoms with Crippen LogP contribution < -0.4 is 11.1 Å². The van der Waals surface area contributed by atoms with Crippen LogP contribution >= 0.6 is 0 Å². The quantitative estimate of drug-likeness (QED) is 0.902. The lowest BCUT2D eigenvalue weighted by atomic mass is 10.1. The van der Waals surface area contributed by atoms with Crippen LogP contribution in [-0.2, 0) is 17.8 Å². The number of carbonyl (C=O) groups excluding carboxylic acids is 1. The van der Waals surface area contributed by atoms with Crippen molar-refractivity contribution in [2.45, 2.75) is 13.0 Å². The zero-order valence-corrected chi connectivity index (χ0v) is 10.7. The van der Waals surface area contributed by atoms with Gasteiger partial charge in [0.2, 0.25) is 5.91 Å². The molecule has 0 spiro atoms. The SMILES string of the molecule is NCc1ccc(CC(=O)Nc2cc(F)cc(F)c2)cc1. The fourth-order valence-electron chi connectivity index (χ4n) is 1.81. The van der Waals surface area contributed by atoms with E-state index in [-0.39, 0.29) is 18.0 Å².